The molecule has 216 valence electrons. The zero-order valence-corrected chi connectivity index (χ0v) is 24.7. The fourth-order valence-electron chi connectivity index (χ4n) is 4.59. The SMILES string of the molecule is CCC[n+]1ccc(-c2cc[n+](CCOCCOCCOCC[n+]3ccc(-c4cc[n+](CCC)cc4)cc3)cc2)cc1. The van der Waals surface area contributed by atoms with Gasteiger partial charge in [-0.2, -0.15) is 0 Å². The Kier molecular flexibility index (Phi) is 12.9. The number of aromatic nitrogens is 4. The summed E-state index contributed by atoms with van der Waals surface area (Å²) in [6, 6.07) is 17.3. The number of hydrogen-bond acceptors (Lipinski definition) is 3. The van der Waals surface area contributed by atoms with Crippen molar-refractivity contribution >= 4 is 0 Å². The van der Waals surface area contributed by atoms with E-state index in [1.54, 1.807) is 0 Å². The van der Waals surface area contributed by atoms with Crippen LogP contribution in [0.5, 0.6) is 0 Å². The zero-order valence-electron chi connectivity index (χ0n) is 24.7. The summed E-state index contributed by atoms with van der Waals surface area (Å²) in [6.45, 7) is 11.8. The van der Waals surface area contributed by atoms with Crippen LogP contribution in [-0.4, -0.2) is 39.6 Å². The maximum absolute atomic E-state index is 5.74. The number of ether oxygens (including phenoxy) is 3. The lowest BCUT2D eigenvalue weighted by Gasteiger charge is -2.06. The van der Waals surface area contributed by atoms with Gasteiger partial charge < -0.3 is 14.2 Å². The quantitative estimate of drug-likeness (QED) is 0.138. The molecule has 0 amide bonds. The topological polar surface area (TPSA) is 43.2 Å². The smallest absolute Gasteiger partial charge is 0.171 e. The minimum absolute atomic E-state index is 0.577. The van der Waals surface area contributed by atoms with Crippen molar-refractivity contribution in [2.24, 2.45) is 0 Å². The molecule has 0 aliphatic rings. The minimum atomic E-state index is 0.577. The molecule has 0 bridgehead atoms. The molecule has 0 aliphatic carbocycles. The summed E-state index contributed by atoms with van der Waals surface area (Å²) in [7, 11) is 0. The van der Waals surface area contributed by atoms with E-state index in [9.17, 15) is 0 Å². The van der Waals surface area contributed by atoms with Crippen LogP contribution in [0.2, 0.25) is 0 Å². The Hall–Kier alpha value is -3.52. The molecule has 4 aromatic heterocycles. The van der Waals surface area contributed by atoms with Crippen LogP contribution >= 0.6 is 0 Å². The van der Waals surface area contributed by atoms with Crippen molar-refractivity contribution in [3.8, 4) is 22.3 Å². The van der Waals surface area contributed by atoms with Gasteiger partial charge in [0.25, 0.3) is 0 Å². The van der Waals surface area contributed by atoms with Crippen LogP contribution in [0.15, 0.2) is 98.1 Å². The number of nitrogens with zero attached hydrogens (tertiary/aromatic N) is 4. The molecule has 0 atom stereocenters. The molecule has 4 aromatic rings. The highest BCUT2D eigenvalue weighted by atomic mass is 16.5. The van der Waals surface area contributed by atoms with Crippen molar-refractivity contribution in [3.63, 3.8) is 0 Å². The highest BCUT2D eigenvalue weighted by Gasteiger charge is 2.07. The summed E-state index contributed by atoms with van der Waals surface area (Å²) in [5, 5.41) is 0. The van der Waals surface area contributed by atoms with Crippen molar-refractivity contribution in [1.82, 2.24) is 0 Å². The van der Waals surface area contributed by atoms with Gasteiger partial charge in [-0.25, -0.2) is 18.3 Å². The third kappa shape index (κ3) is 10.4. The molecule has 0 fully saturated rings. The van der Waals surface area contributed by atoms with Gasteiger partial charge in [0.05, 0.1) is 26.4 Å². The van der Waals surface area contributed by atoms with E-state index in [2.05, 4.69) is 130 Å². The Balaban J connectivity index is 1.01. The van der Waals surface area contributed by atoms with E-state index in [1.165, 1.54) is 22.3 Å². The van der Waals surface area contributed by atoms with Gasteiger partial charge in [-0.3, -0.25) is 0 Å². The van der Waals surface area contributed by atoms with Crippen molar-refractivity contribution in [2.45, 2.75) is 52.9 Å². The zero-order chi connectivity index (χ0) is 28.5. The van der Waals surface area contributed by atoms with E-state index in [0.717, 1.165) is 39.0 Å². The van der Waals surface area contributed by atoms with Crippen LogP contribution in [0.1, 0.15) is 26.7 Å². The Morgan fingerprint density at radius 3 is 0.878 bits per heavy atom. The second kappa shape index (κ2) is 17.3. The van der Waals surface area contributed by atoms with E-state index < -0.39 is 0 Å². The third-order valence-corrected chi connectivity index (χ3v) is 6.93. The first-order valence-electron chi connectivity index (χ1n) is 15.0. The van der Waals surface area contributed by atoms with Crippen molar-refractivity contribution in [1.29, 1.82) is 0 Å². The van der Waals surface area contributed by atoms with Gasteiger partial charge in [-0.1, -0.05) is 13.8 Å². The van der Waals surface area contributed by atoms with Crippen LogP contribution < -0.4 is 18.3 Å². The van der Waals surface area contributed by atoms with Gasteiger partial charge in [0.2, 0.25) is 0 Å². The number of hydrogen-bond donors (Lipinski definition) is 0. The highest BCUT2D eigenvalue weighted by molar-refractivity contribution is 5.61. The number of pyridine rings is 4. The van der Waals surface area contributed by atoms with Gasteiger partial charge in [0.1, 0.15) is 26.3 Å². The van der Waals surface area contributed by atoms with Crippen molar-refractivity contribution < 1.29 is 32.5 Å². The number of aryl methyl sites for hydroxylation is 2. The maximum atomic E-state index is 5.74. The molecule has 0 aromatic carbocycles. The molecular weight excluding hydrogens is 512 g/mol. The van der Waals surface area contributed by atoms with E-state index in [0.29, 0.717) is 39.6 Å². The molecule has 0 saturated heterocycles. The first-order valence-corrected chi connectivity index (χ1v) is 15.0. The average Bonchev–Trinajstić information content (AvgIpc) is 3.02. The second-order valence-corrected chi connectivity index (χ2v) is 10.1. The molecule has 0 spiro atoms. The Labute approximate surface area is 245 Å². The molecule has 0 unspecified atom stereocenters. The van der Waals surface area contributed by atoms with E-state index in [1.807, 2.05) is 0 Å². The summed E-state index contributed by atoms with van der Waals surface area (Å²) in [5.41, 5.74) is 4.92. The van der Waals surface area contributed by atoms with E-state index in [4.69, 9.17) is 14.2 Å². The first-order chi connectivity index (χ1) is 20.2. The van der Waals surface area contributed by atoms with Gasteiger partial charge in [0, 0.05) is 61.4 Å². The minimum Gasteiger partial charge on any atom is -0.377 e. The fraction of sp³-hybridized carbons (Fsp3) is 0.412. The van der Waals surface area contributed by atoms with Crippen LogP contribution in [0, 0.1) is 0 Å². The predicted molar refractivity (Wildman–Crippen MR) is 158 cm³/mol. The van der Waals surface area contributed by atoms with Gasteiger partial charge in [-0.05, 0) is 22.3 Å². The van der Waals surface area contributed by atoms with Gasteiger partial charge in [0.15, 0.2) is 62.7 Å². The van der Waals surface area contributed by atoms with Crippen LogP contribution in [0.25, 0.3) is 22.3 Å². The molecule has 4 heterocycles. The highest BCUT2D eigenvalue weighted by Crippen LogP contribution is 2.16. The monoisotopic (exact) mass is 558 g/mol. The average molecular weight is 559 g/mol. The van der Waals surface area contributed by atoms with Gasteiger partial charge >= 0.3 is 0 Å². The fourth-order valence-corrected chi connectivity index (χ4v) is 4.59. The largest absolute Gasteiger partial charge is 0.377 e. The molecule has 0 radical (unpaired) electrons. The van der Waals surface area contributed by atoms with Gasteiger partial charge in [-0.15, -0.1) is 0 Å². The first kappa shape index (κ1) is 30.4. The molecule has 4 rings (SSSR count). The maximum Gasteiger partial charge on any atom is 0.171 e. The summed E-state index contributed by atoms with van der Waals surface area (Å²) in [6.07, 6.45) is 19.3. The van der Waals surface area contributed by atoms with E-state index in [-0.39, 0.29) is 0 Å². The van der Waals surface area contributed by atoms with Crippen molar-refractivity contribution in [2.75, 3.05) is 39.6 Å². The summed E-state index contributed by atoms with van der Waals surface area (Å²) < 4.78 is 25.9. The van der Waals surface area contributed by atoms with E-state index >= 15 is 0 Å². The predicted octanol–water partition coefficient (Wildman–Crippen LogP) is 3.74. The standard InChI is InChI=1S/C34H46N4O3/c1-3-13-35-15-5-31(6-16-35)33-9-19-37(20-10-33)23-25-39-27-29-41-30-28-40-26-24-38-21-11-34(12-22-38)32-7-17-36(14-4-2)18-8-32/h5-12,15-22H,3-4,13-14,23-30H2,1-2H3/q+4. The lowest BCUT2D eigenvalue weighted by Crippen LogP contribution is -2.35. The molecule has 7 heteroatoms. The second-order valence-electron chi connectivity index (χ2n) is 10.1. The normalized spacial score (nSPS) is 11.2. The summed E-state index contributed by atoms with van der Waals surface area (Å²) in [5.74, 6) is 0. The van der Waals surface area contributed by atoms with Crippen molar-refractivity contribution in [3.05, 3.63) is 98.1 Å². The molecule has 0 saturated carbocycles. The molecular formula is C34H46N4O3+4. The molecule has 0 N–H and O–H groups in total. The molecule has 0 aliphatic heterocycles. The Morgan fingerprint density at radius 2 is 0.610 bits per heavy atom. The van der Waals surface area contributed by atoms with Crippen LogP contribution in [0.3, 0.4) is 0 Å². The summed E-state index contributed by atoms with van der Waals surface area (Å²) >= 11 is 0. The summed E-state index contributed by atoms with van der Waals surface area (Å²) in [4.78, 5) is 0. The third-order valence-electron chi connectivity index (χ3n) is 6.93. The Morgan fingerprint density at radius 1 is 0.366 bits per heavy atom. The number of rotatable bonds is 18. The van der Waals surface area contributed by atoms with Crippen LogP contribution in [0.4, 0.5) is 0 Å². The van der Waals surface area contributed by atoms with Crippen LogP contribution in [-0.2, 0) is 40.4 Å². The Bertz CT molecular complexity index is 1160. The molecule has 7 nitrogen and oxygen atoms in total. The molecule has 41 heavy (non-hydrogen) atoms. The lowest BCUT2D eigenvalue weighted by atomic mass is 10.1. The lowest BCUT2D eigenvalue weighted by molar-refractivity contribution is -0.698.